The third kappa shape index (κ3) is 3.25. The molecule has 0 saturated carbocycles. The molecular formula is C15H22N2O. The first-order valence-corrected chi connectivity index (χ1v) is 6.82. The normalized spacial score (nSPS) is 13.9. The molecule has 98 valence electrons. The van der Waals surface area contributed by atoms with Crippen LogP contribution in [0.2, 0.25) is 0 Å². The molecule has 0 bridgehead atoms. The fraction of sp³-hybridized carbons (Fsp3) is 0.533. The fourth-order valence-corrected chi connectivity index (χ4v) is 2.25. The average molecular weight is 246 g/mol. The Morgan fingerprint density at radius 1 is 1.44 bits per heavy atom. The van der Waals surface area contributed by atoms with Gasteiger partial charge in [0.05, 0.1) is 11.4 Å². The maximum absolute atomic E-state index is 11.9. The van der Waals surface area contributed by atoms with Crippen LogP contribution in [0.3, 0.4) is 0 Å². The Kier molecular flexibility index (Phi) is 4.24. The fourth-order valence-electron chi connectivity index (χ4n) is 2.25. The number of benzene rings is 1. The molecule has 3 nitrogen and oxygen atoms in total. The van der Waals surface area contributed by atoms with E-state index >= 15 is 0 Å². The Bertz CT molecular complexity index is 427. The Morgan fingerprint density at radius 2 is 2.28 bits per heavy atom. The number of amides is 1. The van der Waals surface area contributed by atoms with Crippen LogP contribution in [0.4, 0.5) is 11.4 Å². The minimum absolute atomic E-state index is 0.115. The molecule has 0 spiro atoms. The van der Waals surface area contributed by atoms with Gasteiger partial charge in [0, 0.05) is 13.0 Å². The number of hydrogen-bond donors (Lipinski definition) is 2. The van der Waals surface area contributed by atoms with E-state index in [-0.39, 0.29) is 5.91 Å². The number of hydrogen-bond acceptors (Lipinski definition) is 2. The summed E-state index contributed by atoms with van der Waals surface area (Å²) in [6, 6.07) is 6.12. The molecule has 2 rings (SSSR count). The van der Waals surface area contributed by atoms with E-state index < -0.39 is 0 Å². The number of rotatable bonds is 4. The maximum Gasteiger partial charge on any atom is 0.224 e. The van der Waals surface area contributed by atoms with E-state index in [4.69, 9.17) is 0 Å². The molecule has 0 aliphatic carbocycles. The van der Waals surface area contributed by atoms with Crippen molar-refractivity contribution in [1.82, 2.24) is 0 Å². The number of carbonyl (C=O) groups is 1. The Labute approximate surface area is 109 Å². The Balaban J connectivity index is 2.03. The minimum Gasteiger partial charge on any atom is -0.383 e. The molecule has 1 aromatic carbocycles. The SMILES string of the molecule is CC(C)CCC(=O)Nc1cccc2c1NCCC2. The zero-order valence-corrected chi connectivity index (χ0v) is 11.3. The van der Waals surface area contributed by atoms with Crippen molar-refractivity contribution in [2.45, 2.75) is 39.5 Å². The summed E-state index contributed by atoms with van der Waals surface area (Å²) in [4.78, 5) is 11.9. The van der Waals surface area contributed by atoms with Crippen molar-refractivity contribution in [3.63, 3.8) is 0 Å². The maximum atomic E-state index is 11.9. The quantitative estimate of drug-likeness (QED) is 0.854. The van der Waals surface area contributed by atoms with E-state index in [0.717, 1.165) is 37.2 Å². The Morgan fingerprint density at radius 3 is 3.06 bits per heavy atom. The molecule has 0 atom stereocenters. The summed E-state index contributed by atoms with van der Waals surface area (Å²) in [5.41, 5.74) is 3.35. The summed E-state index contributed by atoms with van der Waals surface area (Å²) in [5.74, 6) is 0.683. The second kappa shape index (κ2) is 5.89. The highest BCUT2D eigenvalue weighted by atomic mass is 16.1. The number of carbonyl (C=O) groups excluding carboxylic acids is 1. The molecule has 1 amide bonds. The van der Waals surface area contributed by atoms with Crippen molar-refractivity contribution < 1.29 is 4.79 Å². The van der Waals surface area contributed by atoms with E-state index in [1.807, 2.05) is 12.1 Å². The van der Waals surface area contributed by atoms with Crippen molar-refractivity contribution in [1.29, 1.82) is 0 Å². The van der Waals surface area contributed by atoms with Gasteiger partial charge in [0.15, 0.2) is 0 Å². The van der Waals surface area contributed by atoms with Crippen molar-refractivity contribution in [3.05, 3.63) is 23.8 Å². The predicted molar refractivity (Wildman–Crippen MR) is 76.0 cm³/mol. The van der Waals surface area contributed by atoms with Crippen molar-refractivity contribution in [2.24, 2.45) is 5.92 Å². The van der Waals surface area contributed by atoms with Gasteiger partial charge >= 0.3 is 0 Å². The number of fused-ring (bicyclic) bond motifs is 1. The number of nitrogens with one attached hydrogen (secondary N) is 2. The van der Waals surface area contributed by atoms with Gasteiger partial charge in [0.25, 0.3) is 0 Å². The summed E-state index contributed by atoms with van der Waals surface area (Å²) >= 11 is 0. The zero-order valence-electron chi connectivity index (χ0n) is 11.3. The molecule has 1 aliphatic rings. The van der Waals surface area contributed by atoms with Gasteiger partial charge in [-0.05, 0) is 36.8 Å². The zero-order chi connectivity index (χ0) is 13.0. The highest BCUT2D eigenvalue weighted by Crippen LogP contribution is 2.30. The standard InChI is InChI=1S/C15H22N2O/c1-11(2)8-9-14(18)17-13-7-3-5-12-6-4-10-16-15(12)13/h3,5,7,11,16H,4,6,8-10H2,1-2H3,(H,17,18). The van der Waals surface area contributed by atoms with Crippen LogP contribution < -0.4 is 10.6 Å². The molecule has 3 heteroatoms. The van der Waals surface area contributed by atoms with E-state index in [0.29, 0.717) is 12.3 Å². The van der Waals surface area contributed by atoms with Gasteiger partial charge in [-0.3, -0.25) is 4.79 Å². The summed E-state index contributed by atoms with van der Waals surface area (Å²) in [5, 5.41) is 6.41. The van der Waals surface area contributed by atoms with Gasteiger partial charge in [-0.15, -0.1) is 0 Å². The molecule has 0 radical (unpaired) electrons. The van der Waals surface area contributed by atoms with Crippen LogP contribution in [0.5, 0.6) is 0 Å². The molecule has 1 aromatic rings. The number of aryl methyl sites for hydroxylation is 1. The molecule has 0 fully saturated rings. The Hall–Kier alpha value is -1.51. The van der Waals surface area contributed by atoms with E-state index in [1.165, 1.54) is 5.56 Å². The van der Waals surface area contributed by atoms with Crippen LogP contribution in [0.1, 0.15) is 38.7 Å². The average Bonchev–Trinajstić information content (AvgIpc) is 2.37. The van der Waals surface area contributed by atoms with Crippen LogP contribution >= 0.6 is 0 Å². The summed E-state index contributed by atoms with van der Waals surface area (Å²) in [6.45, 7) is 5.27. The smallest absolute Gasteiger partial charge is 0.224 e. The van der Waals surface area contributed by atoms with Gasteiger partial charge in [-0.1, -0.05) is 26.0 Å². The molecular weight excluding hydrogens is 224 g/mol. The van der Waals surface area contributed by atoms with Crippen LogP contribution in [0, 0.1) is 5.92 Å². The van der Waals surface area contributed by atoms with Gasteiger partial charge in [0.2, 0.25) is 5.91 Å². The minimum atomic E-state index is 0.115. The third-order valence-electron chi connectivity index (χ3n) is 3.30. The predicted octanol–water partition coefficient (Wildman–Crippen LogP) is 3.42. The number of anilines is 2. The highest BCUT2D eigenvalue weighted by Gasteiger charge is 2.13. The topological polar surface area (TPSA) is 41.1 Å². The van der Waals surface area contributed by atoms with Gasteiger partial charge in [0.1, 0.15) is 0 Å². The van der Waals surface area contributed by atoms with Crippen molar-refractivity contribution in [3.8, 4) is 0 Å². The second-order valence-corrected chi connectivity index (χ2v) is 5.35. The van der Waals surface area contributed by atoms with Gasteiger partial charge < -0.3 is 10.6 Å². The first-order valence-electron chi connectivity index (χ1n) is 6.82. The van der Waals surface area contributed by atoms with Gasteiger partial charge in [-0.2, -0.15) is 0 Å². The second-order valence-electron chi connectivity index (χ2n) is 5.35. The summed E-state index contributed by atoms with van der Waals surface area (Å²) in [7, 11) is 0. The lowest BCUT2D eigenvalue weighted by Gasteiger charge is -2.21. The lowest BCUT2D eigenvalue weighted by molar-refractivity contribution is -0.116. The van der Waals surface area contributed by atoms with E-state index in [9.17, 15) is 4.79 Å². The monoisotopic (exact) mass is 246 g/mol. The largest absolute Gasteiger partial charge is 0.383 e. The van der Waals surface area contributed by atoms with Crippen molar-refractivity contribution in [2.75, 3.05) is 17.2 Å². The van der Waals surface area contributed by atoms with Gasteiger partial charge in [-0.25, -0.2) is 0 Å². The molecule has 0 aromatic heterocycles. The van der Waals surface area contributed by atoms with Crippen LogP contribution in [0.15, 0.2) is 18.2 Å². The number of para-hydroxylation sites is 1. The molecule has 0 saturated heterocycles. The van der Waals surface area contributed by atoms with Crippen molar-refractivity contribution >= 4 is 17.3 Å². The first-order chi connectivity index (χ1) is 8.66. The summed E-state index contributed by atoms with van der Waals surface area (Å²) in [6.07, 6.45) is 3.80. The van der Waals surface area contributed by atoms with E-state index in [1.54, 1.807) is 0 Å². The lowest BCUT2D eigenvalue weighted by atomic mass is 10.0. The molecule has 0 unspecified atom stereocenters. The highest BCUT2D eigenvalue weighted by molar-refractivity contribution is 5.94. The molecule has 1 heterocycles. The van der Waals surface area contributed by atoms with Crippen LogP contribution in [-0.2, 0) is 11.2 Å². The van der Waals surface area contributed by atoms with E-state index in [2.05, 4.69) is 30.5 Å². The summed E-state index contributed by atoms with van der Waals surface area (Å²) < 4.78 is 0. The first kappa shape index (κ1) is 12.9. The third-order valence-corrected chi connectivity index (χ3v) is 3.30. The molecule has 2 N–H and O–H groups in total. The van der Waals surface area contributed by atoms with Crippen LogP contribution in [0.25, 0.3) is 0 Å². The molecule has 1 aliphatic heterocycles. The lowest BCUT2D eigenvalue weighted by Crippen LogP contribution is -2.17. The van der Waals surface area contributed by atoms with Crippen LogP contribution in [-0.4, -0.2) is 12.5 Å². The molecule has 18 heavy (non-hydrogen) atoms.